The van der Waals surface area contributed by atoms with Crippen LogP contribution in [0.5, 0.6) is 0 Å². The van der Waals surface area contributed by atoms with E-state index in [-0.39, 0.29) is 36.1 Å². The van der Waals surface area contributed by atoms with Crippen molar-refractivity contribution in [3.63, 3.8) is 0 Å². The maximum Gasteiger partial charge on any atom is 1.00 e. The molecule has 0 fully saturated rings. The Kier molecular flexibility index (Phi) is 29.1. The van der Waals surface area contributed by atoms with Crippen LogP contribution in [0.1, 0.15) is 84.0 Å². The van der Waals surface area contributed by atoms with Gasteiger partial charge in [-0.3, -0.25) is 4.79 Å². The Morgan fingerprint density at radius 2 is 1.26 bits per heavy atom. The summed E-state index contributed by atoms with van der Waals surface area (Å²) < 4.78 is 0. The van der Waals surface area contributed by atoms with Crippen molar-refractivity contribution in [2.45, 2.75) is 84.0 Å². The van der Waals surface area contributed by atoms with E-state index in [0.29, 0.717) is 6.42 Å². The third-order valence-electron chi connectivity index (χ3n) is 3.32. The molecule has 0 saturated heterocycles. The van der Waals surface area contributed by atoms with Crippen LogP contribution in [0.25, 0.3) is 0 Å². The van der Waals surface area contributed by atoms with E-state index in [1.807, 2.05) is 0 Å². The molecule has 2 N–H and O–H groups in total. The van der Waals surface area contributed by atoms with E-state index < -0.39 is 11.9 Å². The van der Waals surface area contributed by atoms with E-state index in [9.17, 15) is 14.7 Å². The Morgan fingerprint density at radius 1 is 0.870 bits per heavy atom. The molecule has 0 aliphatic heterocycles. The van der Waals surface area contributed by atoms with Gasteiger partial charge in [-0.05, 0) is 13.5 Å². The number of aliphatic carboxylic acids is 2. The van der Waals surface area contributed by atoms with Crippen molar-refractivity contribution in [1.82, 2.24) is 5.32 Å². The predicted molar refractivity (Wildman–Crippen MR) is 87.6 cm³/mol. The van der Waals surface area contributed by atoms with Gasteiger partial charge in [-0.15, -0.1) is 0 Å². The third-order valence-corrected chi connectivity index (χ3v) is 3.32. The molecule has 0 heterocycles. The van der Waals surface area contributed by atoms with Crippen LogP contribution >= 0.6 is 0 Å². The molecule has 6 heteroatoms. The number of carboxylic acids is 2. The van der Waals surface area contributed by atoms with Crippen molar-refractivity contribution >= 4 is 11.9 Å². The molecule has 0 aromatic carbocycles. The molecule has 0 atom stereocenters. The molecular formula is C17H34NNaO4. The normalized spacial score (nSPS) is 9.48. The average Bonchev–Trinajstić information content (AvgIpc) is 2.45. The summed E-state index contributed by atoms with van der Waals surface area (Å²) in [5.41, 5.74) is 0. The molecule has 0 rings (SSSR count). The summed E-state index contributed by atoms with van der Waals surface area (Å²) in [6, 6.07) is 0. The summed E-state index contributed by atoms with van der Waals surface area (Å²) in [7, 11) is 1.55. The van der Waals surface area contributed by atoms with Crippen LogP contribution in [0.3, 0.4) is 0 Å². The van der Waals surface area contributed by atoms with E-state index in [1.165, 1.54) is 57.8 Å². The van der Waals surface area contributed by atoms with Crippen molar-refractivity contribution in [1.29, 1.82) is 0 Å². The van der Waals surface area contributed by atoms with Gasteiger partial charge in [0.25, 0.3) is 0 Å². The summed E-state index contributed by atoms with van der Waals surface area (Å²) in [6.07, 6.45) is 14.4. The fourth-order valence-corrected chi connectivity index (χ4v) is 2.08. The van der Waals surface area contributed by atoms with Crippen molar-refractivity contribution in [2.75, 3.05) is 13.6 Å². The maximum atomic E-state index is 10.3. The smallest absolute Gasteiger partial charge is 0.549 e. The number of carboxylic acid groups (broad SMARTS) is 2. The molecule has 0 aromatic heterocycles. The minimum Gasteiger partial charge on any atom is -0.549 e. The zero-order valence-electron chi connectivity index (χ0n) is 15.4. The van der Waals surface area contributed by atoms with E-state index in [2.05, 4.69) is 12.2 Å². The third kappa shape index (κ3) is 34.3. The molecule has 0 spiro atoms. The minimum atomic E-state index is -1.07. The second kappa shape index (κ2) is 24.2. The Morgan fingerprint density at radius 3 is 1.52 bits per heavy atom. The topological polar surface area (TPSA) is 89.5 Å². The zero-order valence-corrected chi connectivity index (χ0v) is 17.4. The predicted octanol–water partition coefficient (Wildman–Crippen LogP) is -0.268. The van der Waals surface area contributed by atoms with Crippen LogP contribution in [0, 0.1) is 0 Å². The second-order valence-electron chi connectivity index (χ2n) is 5.58. The molecule has 132 valence electrons. The first-order valence-electron chi connectivity index (χ1n) is 8.60. The summed E-state index contributed by atoms with van der Waals surface area (Å²) >= 11 is 0. The van der Waals surface area contributed by atoms with Crippen LogP contribution in [-0.4, -0.2) is 30.6 Å². The largest absolute Gasteiger partial charge is 1.00 e. The number of nitrogens with one attached hydrogen (secondary N) is 1. The fourth-order valence-electron chi connectivity index (χ4n) is 2.08. The Hall–Kier alpha value is -0.100. The quantitative estimate of drug-likeness (QED) is 0.336. The summed E-state index contributed by atoms with van der Waals surface area (Å²) in [4.78, 5) is 19.7. The summed E-state index contributed by atoms with van der Waals surface area (Å²) in [6.45, 7) is 2.18. The minimum absolute atomic E-state index is 0. The van der Waals surface area contributed by atoms with E-state index in [0.717, 1.165) is 12.8 Å². The van der Waals surface area contributed by atoms with Crippen molar-refractivity contribution in [3.05, 3.63) is 0 Å². The molecule has 0 aromatic rings. The zero-order chi connectivity index (χ0) is 17.1. The molecule has 5 nitrogen and oxygen atoms in total. The number of carbonyl (C=O) groups is 2. The van der Waals surface area contributed by atoms with Crippen molar-refractivity contribution in [3.8, 4) is 0 Å². The average molecular weight is 339 g/mol. The standard InChI is InChI=1S/C14H28O2.C3H7NO2.Na/c1-2-3-4-5-6-7-8-9-10-11-12-13-14(15)16;1-4-2-3(5)6;/h2-13H2,1H3,(H,15,16);4H,2H2,1H3,(H,5,6);/q;;+1/p-1. The summed E-state index contributed by atoms with van der Waals surface area (Å²) in [5.74, 6) is -1.73. The van der Waals surface area contributed by atoms with Crippen LogP contribution in [0.2, 0.25) is 0 Å². The first-order valence-corrected chi connectivity index (χ1v) is 8.60. The molecular weight excluding hydrogens is 305 g/mol. The van der Waals surface area contributed by atoms with Gasteiger partial charge in [0.2, 0.25) is 0 Å². The maximum absolute atomic E-state index is 10.3. The van der Waals surface area contributed by atoms with Crippen LogP contribution in [0.15, 0.2) is 0 Å². The SMILES string of the molecule is CCCCCCCCCCCCCC(=O)O.CNCC(=O)[O-].[Na+]. The van der Waals surface area contributed by atoms with E-state index >= 15 is 0 Å². The second-order valence-corrected chi connectivity index (χ2v) is 5.58. The van der Waals surface area contributed by atoms with Gasteiger partial charge in [0.15, 0.2) is 0 Å². The number of rotatable bonds is 14. The van der Waals surface area contributed by atoms with Gasteiger partial charge >= 0.3 is 35.5 Å². The Balaban J connectivity index is -0.000000487. The first-order chi connectivity index (χ1) is 10.5. The number of hydrogen-bond donors (Lipinski definition) is 2. The van der Waals surface area contributed by atoms with E-state index in [4.69, 9.17) is 5.11 Å². The number of unbranched alkanes of at least 4 members (excludes halogenated alkanes) is 10. The number of likely N-dealkylation sites (N-methyl/N-ethyl adjacent to an activating group) is 1. The molecule has 0 unspecified atom stereocenters. The molecule has 0 aliphatic rings. The number of carbonyl (C=O) groups excluding carboxylic acids is 1. The van der Waals surface area contributed by atoms with Gasteiger partial charge in [-0.2, -0.15) is 0 Å². The van der Waals surface area contributed by atoms with Gasteiger partial charge < -0.3 is 20.3 Å². The Bertz CT molecular complexity index is 263. The molecule has 0 bridgehead atoms. The molecule has 0 saturated carbocycles. The fraction of sp³-hybridized carbons (Fsp3) is 0.882. The molecule has 23 heavy (non-hydrogen) atoms. The van der Waals surface area contributed by atoms with Crippen molar-refractivity contribution < 1.29 is 49.4 Å². The van der Waals surface area contributed by atoms with Gasteiger partial charge in [0, 0.05) is 13.0 Å². The Labute approximate surface area is 163 Å². The monoisotopic (exact) mass is 339 g/mol. The van der Waals surface area contributed by atoms with Gasteiger partial charge in [-0.1, -0.05) is 71.1 Å². The number of hydrogen-bond acceptors (Lipinski definition) is 4. The summed E-state index contributed by atoms with van der Waals surface area (Å²) in [5, 5.41) is 20.3. The van der Waals surface area contributed by atoms with Gasteiger partial charge in [0.1, 0.15) is 0 Å². The molecule has 0 radical (unpaired) electrons. The van der Waals surface area contributed by atoms with Crippen molar-refractivity contribution in [2.24, 2.45) is 0 Å². The van der Waals surface area contributed by atoms with Gasteiger partial charge in [0.05, 0.1) is 5.97 Å². The van der Waals surface area contributed by atoms with Gasteiger partial charge in [-0.25, -0.2) is 0 Å². The van der Waals surface area contributed by atoms with E-state index in [1.54, 1.807) is 7.05 Å². The van der Waals surface area contributed by atoms with Crippen LogP contribution in [0.4, 0.5) is 0 Å². The molecule has 0 aliphatic carbocycles. The first kappa shape index (κ1) is 27.7. The molecule has 0 amide bonds. The van der Waals surface area contributed by atoms with Crippen LogP contribution in [-0.2, 0) is 9.59 Å². The van der Waals surface area contributed by atoms with Crippen LogP contribution < -0.4 is 40.0 Å².